The lowest BCUT2D eigenvalue weighted by atomic mass is 9.48. The highest BCUT2D eigenvalue weighted by Crippen LogP contribution is 2.59. The monoisotopic (exact) mass is 390 g/mol. The van der Waals surface area contributed by atoms with Crippen LogP contribution in [-0.2, 0) is 4.79 Å². The smallest absolute Gasteiger partial charge is 0.321 e. The number of benzene rings is 1. The van der Waals surface area contributed by atoms with Crippen molar-refractivity contribution in [1.82, 2.24) is 9.80 Å². The number of hydrogen-bond donors (Lipinski definition) is 2. The van der Waals surface area contributed by atoms with Crippen LogP contribution in [0.2, 0.25) is 5.02 Å². The zero-order valence-corrected chi connectivity index (χ0v) is 16.3. The molecule has 1 spiro atoms. The van der Waals surface area contributed by atoms with Crippen molar-refractivity contribution in [3.63, 3.8) is 0 Å². The number of anilines is 1. The number of rotatable bonds is 2. The molecule has 2 aliphatic carbocycles. The Balaban J connectivity index is 1.31. The maximum atomic E-state index is 13.0. The molecule has 0 unspecified atom stereocenters. The summed E-state index contributed by atoms with van der Waals surface area (Å²) < 4.78 is 0. The lowest BCUT2D eigenvalue weighted by Crippen LogP contribution is -2.68. The molecule has 1 aromatic rings. The Morgan fingerprint density at radius 2 is 1.59 bits per heavy atom. The van der Waals surface area contributed by atoms with Gasteiger partial charge in [-0.3, -0.25) is 4.79 Å². The SMILES string of the molecule is NC1(C(=O)N2CCCN(C(=O)Nc3ccc(Cl)cc3)CC2)CC2(CCC2)C1. The van der Waals surface area contributed by atoms with E-state index < -0.39 is 5.54 Å². The fourth-order valence-corrected chi connectivity index (χ4v) is 4.97. The first-order valence-corrected chi connectivity index (χ1v) is 10.2. The van der Waals surface area contributed by atoms with E-state index in [9.17, 15) is 9.59 Å². The first kappa shape index (κ1) is 18.6. The second-order valence-electron chi connectivity index (χ2n) is 8.43. The van der Waals surface area contributed by atoms with E-state index in [4.69, 9.17) is 17.3 Å². The second-order valence-corrected chi connectivity index (χ2v) is 8.87. The molecular weight excluding hydrogens is 364 g/mol. The summed E-state index contributed by atoms with van der Waals surface area (Å²) in [5, 5.41) is 3.52. The van der Waals surface area contributed by atoms with Crippen molar-refractivity contribution in [2.24, 2.45) is 11.1 Å². The van der Waals surface area contributed by atoms with Gasteiger partial charge in [-0.05, 0) is 61.8 Å². The summed E-state index contributed by atoms with van der Waals surface area (Å²) >= 11 is 5.88. The van der Waals surface area contributed by atoms with Crippen molar-refractivity contribution in [3.05, 3.63) is 29.3 Å². The summed E-state index contributed by atoms with van der Waals surface area (Å²) in [6.07, 6.45) is 6.13. The number of urea groups is 1. The first-order chi connectivity index (χ1) is 12.9. The molecule has 3 N–H and O–H groups in total. The van der Waals surface area contributed by atoms with Crippen LogP contribution >= 0.6 is 11.6 Å². The summed E-state index contributed by atoms with van der Waals surface area (Å²) in [5.74, 6) is 0.0694. The molecule has 0 radical (unpaired) electrons. The third kappa shape index (κ3) is 3.65. The third-order valence-electron chi connectivity index (χ3n) is 6.39. The largest absolute Gasteiger partial charge is 0.339 e. The fourth-order valence-electron chi connectivity index (χ4n) is 4.84. The standard InChI is InChI=1S/C20H27ClN4O2/c21-15-3-5-16(6-4-15)23-18(27)25-10-2-9-24(11-12-25)17(26)20(22)13-19(14-20)7-1-8-19/h3-6H,1-2,7-14,22H2,(H,23,27). The van der Waals surface area contributed by atoms with Crippen LogP contribution in [0.4, 0.5) is 10.5 Å². The first-order valence-electron chi connectivity index (χ1n) is 9.79. The minimum atomic E-state index is -0.679. The van der Waals surface area contributed by atoms with Crippen LogP contribution in [0.1, 0.15) is 38.5 Å². The molecular formula is C20H27ClN4O2. The minimum absolute atomic E-state index is 0.0694. The average molecular weight is 391 g/mol. The van der Waals surface area contributed by atoms with Gasteiger partial charge in [0, 0.05) is 36.9 Å². The Labute approximate surface area is 165 Å². The van der Waals surface area contributed by atoms with E-state index >= 15 is 0 Å². The van der Waals surface area contributed by atoms with E-state index in [2.05, 4.69) is 5.32 Å². The van der Waals surface area contributed by atoms with Gasteiger partial charge in [0.25, 0.3) is 0 Å². The molecule has 0 aromatic heterocycles. The van der Waals surface area contributed by atoms with Gasteiger partial charge in [0.2, 0.25) is 5.91 Å². The van der Waals surface area contributed by atoms with Gasteiger partial charge in [-0.1, -0.05) is 18.0 Å². The van der Waals surface area contributed by atoms with Crippen LogP contribution in [0.5, 0.6) is 0 Å². The maximum Gasteiger partial charge on any atom is 0.321 e. The Hall–Kier alpha value is -1.79. The number of nitrogens with two attached hydrogens (primary N) is 1. The summed E-state index contributed by atoms with van der Waals surface area (Å²) in [5.41, 5.74) is 6.82. The van der Waals surface area contributed by atoms with Gasteiger partial charge >= 0.3 is 6.03 Å². The highest BCUT2D eigenvalue weighted by molar-refractivity contribution is 6.30. The Morgan fingerprint density at radius 1 is 0.963 bits per heavy atom. The zero-order valence-electron chi connectivity index (χ0n) is 15.5. The molecule has 1 aliphatic heterocycles. The number of nitrogens with one attached hydrogen (secondary N) is 1. The third-order valence-corrected chi connectivity index (χ3v) is 6.64. The van der Waals surface area contributed by atoms with E-state index in [-0.39, 0.29) is 11.9 Å². The molecule has 3 amide bonds. The number of nitrogens with zero attached hydrogens (tertiary/aromatic N) is 2. The van der Waals surface area contributed by atoms with E-state index in [0.717, 1.165) is 19.3 Å². The molecule has 146 valence electrons. The van der Waals surface area contributed by atoms with E-state index in [1.54, 1.807) is 29.2 Å². The Morgan fingerprint density at radius 3 is 2.22 bits per heavy atom. The van der Waals surface area contributed by atoms with Crippen molar-refractivity contribution < 1.29 is 9.59 Å². The van der Waals surface area contributed by atoms with Gasteiger partial charge in [0.05, 0.1) is 5.54 Å². The van der Waals surface area contributed by atoms with Crippen LogP contribution in [0, 0.1) is 5.41 Å². The van der Waals surface area contributed by atoms with Crippen molar-refractivity contribution in [3.8, 4) is 0 Å². The molecule has 3 fully saturated rings. The highest BCUT2D eigenvalue weighted by atomic mass is 35.5. The number of hydrogen-bond acceptors (Lipinski definition) is 3. The van der Waals surface area contributed by atoms with Crippen molar-refractivity contribution in [2.75, 3.05) is 31.5 Å². The maximum absolute atomic E-state index is 13.0. The predicted molar refractivity (Wildman–Crippen MR) is 106 cm³/mol. The van der Waals surface area contributed by atoms with Crippen LogP contribution in [0.15, 0.2) is 24.3 Å². The molecule has 0 atom stereocenters. The number of amides is 3. The normalized spacial score (nSPS) is 23.2. The molecule has 4 rings (SSSR count). The second kappa shape index (κ2) is 6.99. The molecule has 1 aromatic carbocycles. The lowest BCUT2D eigenvalue weighted by molar-refractivity contribution is -0.151. The molecule has 2 saturated carbocycles. The highest BCUT2D eigenvalue weighted by Gasteiger charge is 2.59. The topological polar surface area (TPSA) is 78.7 Å². The molecule has 1 heterocycles. The van der Waals surface area contributed by atoms with Gasteiger partial charge in [0.15, 0.2) is 0 Å². The van der Waals surface area contributed by atoms with E-state index in [0.29, 0.717) is 42.3 Å². The summed E-state index contributed by atoms with van der Waals surface area (Å²) in [6, 6.07) is 6.89. The average Bonchev–Trinajstić information content (AvgIpc) is 2.85. The van der Waals surface area contributed by atoms with Crippen molar-refractivity contribution in [2.45, 2.75) is 44.1 Å². The Bertz CT molecular complexity index is 724. The molecule has 0 bridgehead atoms. The number of carbonyl (C=O) groups excluding carboxylic acids is 2. The summed E-state index contributed by atoms with van der Waals surface area (Å²) in [4.78, 5) is 29.1. The van der Waals surface area contributed by atoms with Crippen LogP contribution in [0.25, 0.3) is 0 Å². The van der Waals surface area contributed by atoms with Gasteiger partial charge in [-0.2, -0.15) is 0 Å². The molecule has 6 nitrogen and oxygen atoms in total. The predicted octanol–water partition coefficient (Wildman–Crippen LogP) is 3.07. The quantitative estimate of drug-likeness (QED) is 0.814. The van der Waals surface area contributed by atoms with Gasteiger partial charge in [-0.25, -0.2) is 4.79 Å². The van der Waals surface area contributed by atoms with Gasteiger partial charge < -0.3 is 20.9 Å². The minimum Gasteiger partial charge on any atom is -0.339 e. The summed E-state index contributed by atoms with van der Waals surface area (Å²) in [6.45, 7) is 2.35. The van der Waals surface area contributed by atoms with Crippen LogP contribution < -0.4 is 11.1 Å². The number of halogens is 1. The Kier molecular flexibility index (Phi) is 4.80. The molecule has 7 heteroatoms. The van der Waals surface area contributed by atoms with Crippen LogP contribution in [-0.4, -0.2) is 53.5 Å². The molecule has 1 saturated heterocycles. The summed E-state index contributed by atoms with van der Waals surface area (Å²) in [7, 11) is 0. The number of carbonyl (C=O) groups is 2. The van der Waals surface area contributed by atoms with Gasteiger partial charge in [0.1, 0.15) is 0 Å². The van der Waals surface area contributed by atoms with Gasteiger partial charge in [-0.15, -0.1) is 0 Å². The van der Waals surface area contributed by atoms with E-state index in [1.165, 1.54) is 19.3 Å². The lowest BCUT2D eigenvalue weighted by Gasteiger charge is -2.59. The van der Waals surface area contributed by atoms with Crippen molar-refractivity contribution >= 4 is 29.2 Å². The fraction of sp³-hybridized carbons (Fsp3) is 0.600. The van der Waals surface area contributed by atoms with Crippen molar-refractivity contribution in [1.29, 1.82) is 0 Å². The van der Waals surface area contributed by atoms with E-state index in [1.807, 2.05) is 4.90 Å². The molecule has 27 heavy (non-hydrogen) atoms. The molecule has 3 aliphatic rings. The van der Waals surface area contributed by atoms with Crippen LogP contribution in [0.3, 0.4) is 0 Å². The zero-order chi connectivity index (χ0) is 19.1.